The Labute approximate surface area is 192 Å². The smallest absolute Gasteiger partial charge is 0.352 e. The summed E-state index contributed by atoms with van der Waals surface area (Å²) in [4.78, 5) is 15.4. The van der Waals surface area contributed by atoms with Crippen molar-refractivity contribution in [2.24, 2.45) is 0 Å². The van der Waals surface area contributed by atoms with E-state index in [0.29, 0.717) is 12.4 Å². The summed E-state index contributed by atoms with van der Waals surface area (Å²) in [5, 5.41) is 10.9. The third-order valence-electron chi connectivity index (χ3n) is 5.83. The fraction of sp³-hybridized carbons (Fsp3) is 0.0690. The highest BCUT2D eigenvalue weighted by molar-refractivity contribution is 5.99. The van der Waals surface area contributed by atoms with E-state index >= 15 is 0 Å². The Bertz CT molecular complexity index is 1340. The van der Waals surface area contributed by atoms with Crippen LogP contribution in [0.2, 0.25) is 0 Å². The molecule has 0 saturated carbocycles. The van der Waals surface area contributed by atoms with Gasteiger partial charge in [-0.15, -0.1) is 0 Å². The lowest BCUT2D eigenvalue weighted by molar-refractivity contribution is 0.0690. The maximum Gasteiger partial charge on any atom is 0.352 e. The summed E-state index contributed by atoms with van der Waals surface area (Å²) < 4.78 is 6.05. The van der Waals surface area contributed by atoms with Crippen molar-refractivity contribution in [2.45, 2.75) is 12.5 Å². The van der Waals surface area contributed by atoms with E-state index in [9.17, 15) is 9.90 Å². The topological polar surface area (TPSA) is 62.3 Å². The molecule has 1 heterocycles. The van der Waals surface area contributed by atoms with E-state index in [-0.39, 0.29) is 11.6 Å². The van der Waals surface area contributed by atoms with Crippen molar-refractivity contribution < 1.29 is 14.6 Å². The van der Waals surface area contributed by atoms with E-state index in [4.69, 9.17) is 4.74 Å². The Hall–Kier alpha value is -4.31. The van der Waals surface area contributed by atoms with Crippen LogP contribution in [0, 0.1) is 0 Å². The lowest BCUT2D eigenvalue weighted by Gasteiger charge is -2.19. The van der Waals surface area contributed by atoms with E-state index in [1.54, 1.807) is 0 Å². The first-order valence-electron chi connectivity index (χ1n) is 10.9. The van der Waals surface area contributed by atoms with Gasteiger partial charge < -0.3 is 14.8 Å². The number of rotatable bonds is 7. The number of carboxylic acids is 1. The van der Waals surface area contributed by atoms with Crippen LogP contribution in [0.4, 0.5) is 0 Å². The average Bonchev–Trinajstić information content (AvgIpc) is 3.24. The molecule has 5 rings (SSSR count). The van der Waals surface area contributed by atoms with Crippen molar-refractivity contribution in [1.82, 2.24) is 4.98 Å². The Kier molecular flexibility index (Phi) is 5.64. The number of hydrogen-bond donors (Lipinski definition) is 2. The second kappa shape index (κ2) is 9.05. The molecule has 0 atom stereocenters. The summed E-state index contributed by atoms with van der Waals surface area (Å²) >= 11 is 0. The summed E-state index contributed by atoms with van der Waals surface area (Å²) in [7, 11) is 0. The molecule has 4 aromatic carbocycles. The number of aromatic amines is 1. The number of H-pyrrole nitrogens is 1. The van der Waals surface area contributed by atoms with Gasteiger partial charge in [-0.25, -0.2) is 4.79 Å². The Morgan fingerprint density at radius 3 is 1.94 bits per heavy atom. The maximum absolute atomic E-state index is 12.3. The van der Waals surface area contributed by atoms with Gasteiger partial charge in [0, 0.05) is 22.4 Å². The van der Waals surface area contributed by atoms with Gasteiger partial charge in [-0.3, -0.25) is 0 Å². The molecule has 0 unspecified atom stereocenters. The minimum absolute atomic E-state index is 0.197. The minimum Gasteiger partial charge on any atom is -0.489 e. The Morgan fingerprint density at radius 1 is 0.788 bits per heavy atom. The van der Waals surface area contributed by atoms with Crippen LogP contribution in [-0.2, 0) is 6.61 Å². The second-order valence-corrected chi connectivity index (χ2v) is 7.95. The van der Waals surface area contributed by atoms with Gasteiger partial charge in [0.15, 0.2) is 0 Å². The number of carbonyl (C=O) groups is 1. The molecular weight excluding hydrogens is 410 g/mol. The van der Waals surface area contributed by atoms with Gasteiger partial charge in [-0.05, 0) is 34.9 Å². The van der Waals surface area contributed by atoms with Gasteiger partial charge in [0.1, 0.15) is 18.1 Å². The summed E-state index contributed by atoms with van der Waals surface area (Å²) in [5.41, 5.74) is 4.84. The van der Waals surface area contributed by atoms with E-state index in [0.717, 1.165) is 33.2 Å². The first-order valence-corrected chi connectivity index (χ1v) is 10.9. The van der Waals surface area contributed by atoms with Gasteiger partial charge in [-0.2, -0.15) is 0 Å². The number of aromatic carboxylic acids is 1. The molecule has 0 spiro atoms. The lowest BCUT2D eigenvalue weighted by Crippen LogP contribution is -2.09. The monoisotopic (exact) mass is 433 g/mol. The molecular formula is C29H23NO3. The zero-order chi connectivity index (χ0) is 22.6. The molecule has 0 aliphatic carbocycles. The van der Waals surface area contributed by atoms with Crippen molar-refractivity contribution in [3.63, 3.8) is 0 Å². The molecule has 0 aliphatic rings. The summed E-state index contributed by atoms with van der Waals surface area (Å²) in [6.07, 6.45) is 0. The second-order valence-electron chi connectivity index (χ2n) is 7.95. The predicted molar refractivity (Wildman–Crippen MR) is 130 cm³/mol. The van der Waals surface area contributed by atoms with E-state index in [2.05, 4.69) is 4.98 Å². The lowest BCUT2D eigenvalue weighted by atomic mass is 9.83. The molecule has 162 valence electrons. The van der Waals surface area contributed by atoms with Crippen molar-refractivity contribution >= 4 is 16.9 Å². The maximum atomic E-state index is 12.3. The first kappa shape index (κ1) is 20.6. The van der Waals surface area contributed by atoms with Crippen LogP contribution in [0.1, 0.15) is 38.7 Å². The third-order valence-corrected chi connectivity index (χ3v) is 5.83. The van der Waals surface area contributed by atoms with Crippen LogP contribution in [0.5, 0.6) is 5.75 Å². The Balaban J connectivity index is 1.65. The number of benzene rings is 4. The van der Waals surface area contributed by atoms with Gasteiger partial charge in [0.25, 0.3) is 0 Å². The van der Waals surface area contributed by atoms with Crippen LogP contribution in [-0.4, -0.2) is 16.1 Å². The molecule has 33 heavy (non-hydrogen) atoms. The number of ether oxygens (including phenoxy) is 1. The molecule has 4 nitrogen and oxygen atoms in total. The first-order chi connectivity index (χ1) is 16.2. The van der Waals surface area contributed by atoms with E-state index in [1.165, 1.54) is 0 Å². The summed E-state index contributed by atoms with van der Waals surface area (Å²) in [6.45, 7) is 0.443. The molecule has 1 aromatic heterocycles. The molecule has 5 aromatic rings. The zero-order valence-corrected chi connectivity index (χ0v) is 17.9. The van der Waals surface area contributed by atoms with Gasteiger partial charge in [-0.1, -0.05) is 91.0 Å². The van der Waals surface area contributed by atoms with Crippen LogP contribution >= 0.6 is 0 Å². The van der Waals surface area contributed by atoms with Crippen molar-refractivity contribution in [2.75, 3.05) is 0 Å². The number of hydrogen-bond acceptors (Lipinski definition) is 2. The summed E-state index contributed by atoms with van der Waals surface area (Å²) in [6, 6.07) is 35.7. The van der Waals surface area contributed by atoms with Crippen LogP contribution in [0.15, 0.2) is 109 Å². The number of aromatic nitrogens is 1. The van der Waals surface area contributed by atoms with E-state index < -0.39 is 5.97 Å². The molecule has 0 radical (unpaired) electrons. The van der Waals surface area contributed by atoms with E-state index in [1.807, 2.05) is 109 Å². The molecule has 0 bridgehead atoms. The number of nitrogens with one attached hydrogen (secondary N) is 1. The van der Waals surface area contributed by atoms with Gasteiger partial charge in [0.05, 0.1) is 0 Å². The fourth-order valence-corrected chi connectivity index (χ4v) is 4.31. The van der Waals surface area contributed by atoms with Crippen molar-refractivity contribution in [1.29, 1.82) is 0 Å². The minimum atomic E-state index is -0.982. The highest BCUT2D eigenvalue weighted by Crippen LogP contribution is 2.39. The standard InChI is InChI=1S/C29H23NO3/c31-29(32)28-27(26(21-12-6-2-7-13-21)22-14-8-3-9-15-22)24-18-23(16-17-25(24)30-28)33-19-20-10-4-1-5-11-20/h1-18,26,30H,19H2,(H,31,32). The fourth-order valence-electron chi connectivity index (χ4n) is 4.31. The number of fused-ring (bicyclic) bond motifs is 1. The van der Waals surface area contributed by atoms with Crippen LogP contribution in [0.25, 0.3) is 10.9 Å². The van der Waals surface area contributed by atoms with Crippen molar-refractivity contribution in [3.05, 3.63) is 137 Å². The third kappa shape index (κ3) is 4.23. The Morgan fingerprint density at radius 2 is 1.36 bits per heavy atom. The molecule has 2 N–H and O–H groups in total. The molecule has 0 amide bonds. The van der Waals surface area contributed by atoms with Crippen molar-refractivity contribution in [3.8, 4) is 5.75 Å². The largest absolute Gasteiger partial charge is 0.489 e. The number of carboxylic acid groups (broad SMARTS) is 1. The molecule has 0 fully saturated rings. The normalized spacial score (nSPS) is 11.1. The highest BCUT2D eigenvalue weighted by atomic mass is 16.5. The van der Waals surface area contributed by atoms with Gasteiger partial charge >= 0.3 is 5.97 Å². The van der Waals surface area contributed by atoms with Gasteiger partial charge in [0.2, 0.25) is 0 Å². The molecule has 4 heteroatoms. The SMILES string of the molecule is O=C(O)c1[nH]c2ccc(OCc3ccccc3)cc2c1C(c1ccccc1)c1ccccc1. The molecule has 0 aliphatic heterocycles. The predicted octanol–water partition coefficient (Wildman–Crippen LogP) is 6.63. The van der Waals surface area contributed by atoms with Crippen LogP contribution in [0.3, 0.4) is 0 Å². The average molecular weight is 434 g/mol. The molecule has 0 saturated heterocycles. The zero-order valence-electron chi connectivity index (χ0n) is 17.9. The quantitative estimate of drug-likeness (QED) is 0.303. The summed E-state index contributed by atoms with van der Waals surface area (Å²) in [5.74, 6) is -0.523. The van der Waals surface area contributed by atoms with Crippen LogP contribution < -0.4 is 4.74 Å². The highest BCUT2D eigenvalue weighted by Gasteiger charge is 2.27.